The van der Waals surface area contributed by atoms with Gasteiger partial charge in [0.25, 0.3) is 5.91 Å². The van der Waals surface area contributed by atoms with Crippen LogP contribution in [0.3, 0.4) is 0 Å². The molecule has 0 aliphatic carbocycles. The number of rotatable bonds is 5. The Kier molecular flexibility index (Phi) is 5.45. The predicted octanol–water partition coefficient (Wildman–Crippen LogP) is 5.04. The summed E-state index contributed by atoms with van der Waals surface area (Å²) >= 11 is 0. The number of hydrogen-bond acceptors (Lipinski definition) is 4. The quantitative estimate of drug-likeness (QED) is 0.665. The van der Waals surface area contributed by atoms with Gasteiger partial charge in [-0.15, -0.1) is 0 Å². The minimum absolute atomic E-state index is 0.250. The average Bonchev–Trinajstić information content (AvgIpc) is 2.63. The first-order valence-corrected chi connectivity index (χ1v) is 8.70. The Bertz CT molecular complexity index is 937. The molecule has 1 heterocycles. The number of carbonyl (C=O) groups excluding carboxylic acids is 1. The average molecular weight is 364 g/mol. The molecule has 0 saturated carbocycles. The maximum absolute atomic E-state index is 13.0. The number of aromatic nitrogens is 2. The molecule has 0 fully saturated rings. The molecule has 0 unspecified atom stereocenters. The third-order valence-electron chi connectivity index (χ3n) is 4.02. The van der Waals surface area contributed by atoms with Crippen LogP contribution in [-0.4, -0.2) is 15.9 Å². The van der Waals surface area contributed by atoms with Crippen molar-refractivity contribution >= 4 is 23.1 Å². The number of benzene rings is 2. The van der Waals surface area contributed by atoms with E-state index in [0.29, 0.717) is 28.9 Å². The Hall–Kier alpha value is -3.28. The van der Waals surface area contributed by atoms with Crippen LogP contribution in [0.25, 0.3) is 0 Å². The summed E-state index contributed by atoms with van der Waals surface area (Å²) in [5.74, 6) is 0.721. The Morgan fingerprint density at radius 3 is 2.22 bits per heavy atom. The third-order valence-corrected chi connectivity index (χ3v) is 4.02. The Balaban J connectivity index is 1.76. The molecule has 27 heavy (non-hydrogen) atoms. The highest BCUT2D eigenvalue weighted by Crippen LogP contribution is 2.19. The lowest BCUT2D eigenvalue weighted by Crippen LogP contribution is -2.15. The number of amides is 1. The van der Waals surface area contributed by atoms with E-state index in [1.54, 1.807) is 25.1 Å². The van der Waals surface area contributed by atoms with Gasteiger partial charge in [0.1, 0.15) is 23.2 Å². The molecule has 1 amide bonds. The first-order chi connectivity index (χ1) is 12.9. The summed E-state index contributed by atoms with van der Waals surface area (Å²) in [5, 5.41) is 5.90. The van der Waals surface area contributed by atoms with Crippen LogP contribution in [0.2, 0.25) is 0 Å². The van der Waals surface area contributed by atoms with Crippen LogP contribution in [0, 0.1) is 12.7 Å². The fourth-order valence-corrected chi connectivity index (χ4v) is 2.58. The molecule has 5 nitrogen and oxygen atoms in total. The number of halogens is 1. The maximum atomic E-state index is 13.0. The molecule has 0 spiro atoms. The molecule has 0 radical (unpaired) electrons. The number of aryl methyl sites for hydroxylation is 1. The zero-order chi connectivity index (χ0) is 19.4. The lowest BCUT2D eigenvalue weighted by atomic mass is 10.0. The number of anilines is 3. The van der Waals surface area contributed by atoms with Crippen LogP contribution in [0.1, 0.15) is 41.6 Å². The number of nitrogens with one attached hydrogen (secondary N) is 2. The predicted molar refractivity (Wildman–Crippen MR) is 105 cm³/mol. The van der Waals surface area contributed by atoms with Crippen LogP contribution in [0.5, 0.6) is 0 Å². The molecular formula is C21H21FN4O. The third kappa shape index (κ3) is 4.88. The smallest absolute Gasteiger partial charge is 0.274 e. The molecule has 0 aliphatic heterocycles. The van der Waals surface area contributed by atoms with Gasteiger partial charge >= 0.3 is 0 Å². The van der Waals surface area contributed by atoms with Crippen molar-refractivity contribution in [2.24, 2.45) is 0 Å². The number of nitrogens with zero attached hydrogens (tertiary/aromatic N) is 2. The van der Waals surface area contributed by atoms with E-state index in [9.17, 15) is 9.18 Å². The van der Waals surface area contributed by atoms with Gasteiger partial charge in [0.15, 0.2) is 0 Å². The minimum atomic E-state index is -0.319. The number of hydrogen-bond donors (Lipinski definition) is 2. The van der Waals surface area contributed by atoms with Crippen molar-refractivity contribution in [2.45, 2.75) is 26.7 Å². The van der Waals surface area contributed by atoms with Crippen molar-refractivity contribution in [1.82, 2.24) is 9.97 Å². The molecule has 0 bridgehead atoms. The Morgan fingerprint density at radius 1 is 0.963 bits per heavy atom. The summed E-state index contributed by atoms with van der Waals surface area (Å²) in [5.41, 5.74) is 2.83. The van der Waals surface area contributed by atoms with Crippen molar-refractivity contribution in [1.29, 1.82) is 0 Å². The second kappa shape index (κ2) is 7.95. The lowest BCUT2D eigenvalue weighted by Gasteiger charge is -2.10. The fourth-order valence-electron chi connectivity index (χ4n) is 2.58. The molecule has 0 saturated heterocycles. The van der Waals surface area contributed by atoms with Crippen LogP contribution < -0.4 is 10.6 Å². The van der Waals surface area contributed by atoms with Crippen molar-refractivity contribution in [3.63, 3.8) is 0 Å². The Morgan fingerprint density at radius 2 is 1.59 bits per heavy atom. The minimum Gasteiger partial charge on any atom is -0.340 e. The highest BCUT2D eigenvalue weighted by Gasteiger charge is 2.11. The van der Waals surface area contributed by atoms with Crippen LogP contribution in [0.4, 0.5) is 21.6 Å². The molecule has 3 rings (SSSR count). The van der Waals surface area contributed by atoms with E-state index in [0.717, 1.165) is 0 Å². The van der Waals surface area contributed by atoms with Gasteiger partial charge in [-0.05, 0) is 54.8 Å². The second-order valence-corrected chi connectivity index (χ2v) is 6.55. The van der Waals surface area contributed by atoms with E-state index in [1.807, 2.05) is 24.3 Å². The van der Waals surface area contributed by atoms with Crippen LogP contribution in [0.15, 0.2) is 54.6 Å². The molecule has 0 aliphatic rings. The monoisotopic (exact) mass is 364 g/mol. The second-order valence-electron chi connectivity index (χ2n) is 6.55. The van der Waals surface area contributed by atoms with Crippen LogP contribution in [-0.2, 0) is 0 Å². The van der Waals surface area contributed by atoms with Crippen molar-refractivity contribution in [2.75, 3.05) is 10.6 Å². The normalized spacial score (nSPS) is 10.7. The molecule has 2 aromatic carbocycles. The van der Waals surface area contributed by atoms with Gasteiger partial charge in [0.05, 0.1) is 0 Å². The summed E-state index contributed by atoms with van der Waals surface area (Å²) in [4.78, 5) is 21.0. The van der Waals surface area contributed by atoms with Gasteiger partial charge in [-0.1, -0.05) is 26.0 Å². The Labute approximate surface area is 157 Å². The van der Waals surface area contributed by atoms with Crippen molar-refractivity contribution < 1.29 is 9.18 Å². The van der Waals surface area contributed by atoms with Crippen molar-refractivity contribution in [3.8, 4) is 0 Å². The van der Waals surface area contributed by atoms with Gasteiger partial charge in [0.2, 0.25) is 0 Å². The highest BCUT2D eigenvalue weighted by molar-refractivity contribution is 6.03. The molecule has 0 atom stereocenters. The summed E-state index contributed by atoms with van der Waals surface area (Å²) < 4.78 is 13.0. The molecule has 3 aromatic rings. The first kappa shape index (κ1) is 18.5. The summed E-state index contributed by atoms with van der Waals surface area (Å²) in [6.45, 7) is 5.95. The van der Waals surface area contributed by atoms with Crippen LogP contribution >= 0.6 is 0 Å². The van der Waals surface area contributed by atoms with E-state index < -0.39 is 0 Å². The highest BCUT2D eigenvalue weighted by atomic mass is 19.1. The standard InChI is InChI=1S/C21H21FN4O/c1-13(2)15-4-8-18(9-5-15)26-21(27)19-12-20(24-14(3)23-19)25-17-10-6-16(22)7-11-17/h4-13H,1-3H3,(H,26,27)(H,23,24,25). The molecule has 1 aromatic heterocycles. The van der Waals surface area contributed by atoms with E-state index >= 15 is 0 Å². The zero-order valence-electron chi connectivity index (χ0n) is 15.5. The van der Waals surface area contributed by atoms with E-state index in [1.165, 1.54) is 17.7 Å². The zero-order valence-corrected chi connectivity index (χ0v) is 15.5. The summed E-state index contributed by atoms with van der Waals surface area (Å²) in [6, 6.07) is 15.2. The largest absolute Gasteiger partial charge is 0.340 e. The lowest BCUT2D eigenvalue weighted by molar-refractivity contribution is 0.102. The molecule has 2 N–H and O–H groups in total. The van der Waals surface area contributed by atoms with E-state index in [2.05, 4.69) is 34.4 Å². The van der Waals surface area contributed by atoms with Gasteiger partial charge in [-0.25, -0.2) is 14.4 Å². The van der Waals surface area contributed by atoms with Gasteiger partial charge in [0, 0.05) is 17.4 Å². The summed E-state index contributed by atoms with van der Waals surface area (Å²) in [6.07, 6.45) is 0. The number of carbonyl (C=O) groups is 1. The van der Waals surface area contributed by atoms with E-state index in [4.69, 9.17) is 0 Å². The first-order valence-electron chi connectivity index (χ1n) is 8.70. The van der Waals surface area contributed by atoms with Crippen molar-refractivity contribution in [3.05, 3.63) is 77.5 Å². The van der Waals surface area contributed by atoms with Gasteiger partial charge in [-0.2, -0.15) is 0 Å². The fraction of sp³-hybridized carbons (Fsp3) is 0.190. The SMILES string of the molecule is Cc1nc(Nc2ccc(F)cc2)cc(C(=O)Nc2ccc(C(C)C)cc2)n1. The van der Waals surface area contributed by atoms with E-state index in [-0.39, 0.29) is 17.4 Å². The topological polar surface area (TPSA) is 66.9 Å². The summed E-state index contributed by atoms with van der Waals surface area (Å²) in [7, 11) is 0. The maximum Gasteiger partial charge on any atom is 0.274 e. The molecule has 138 valence electrons. The van der Waals surface area contributed by atoms with Gasteiger partial charge < -0.3 is 10.6 Å². The molecule has 6 heteroatoms. The molecular weight excluding hydrogens is 343 g/mol. The van der Waals surface area contributed by atoms with Gasteiger partial charge in [-0.3, -0.25) is 4.79 Å².